The van der Waals surface area contributed by atoms with Gasteiger partial charge in [0.25, 0.3) is 0 Å². The van der Waals surface area contributed by atoms with Crippen LogP contribution in [0.1, 0.15) is 0 Å². The van der Waals surface area contributed by atoms with Gasteiger partial charge in [-0.25, -0.2) is 4.68 Å². The fourth-order valence-corrected chi connectivity index (χ4v) is 1.95. The highest BCUT2D eigenvalue weighted by Crippen LogP contribution is 2.18. The van der Waals surface area contributed by atoms with Crippen molar-refractivity contribution in [3.05, 3.63) is 53.5 Å². The molecule has 3 aromatic rings. The first-order chi connectivity index (χ1) is 7.83. The van der Waals surface area contributed by atoms with Gasteiger partial charge >= 0.3 is 0 Å². The number of hydrogen-bond acceptors (Lipinski definition) is 2. The average molecular weight is 274 g/mol. The Morgan fingerprint density at radius 3 is 2.81 bits per heavy atom. The van der Waals surface area contributed by atoms with Crippen LogP contribution in [0.3, 0.4) is 0 Å². The zero-order valence-corrected chi connectivity index (χ0v) is 9.92. The van der Waals surface area contributed by atoms with Crippen LogP contribution in [0.25, 0.3) is 16.5 Å². The van der Waals surface area contributed by atoms with E-state index in [0.29, 0.717) is 0 Å². The third-order valence-electron chi connectivity index (χ3n) is 2.45. The van der Waals surface area contributed by atoms with Crippen molar-refractivity contribution < 1.29 is 0 Å². The summed E-state index contributed by atoms with van der Waals surface area (Å²) in [6.07, 6.45) is 5.58. The highest BCUT2D eigenvalue weighted by atomic mass is 79.9. The van der Waals surface area contributed by atoms with E-state index in [9.17, 15) is 0 Å². The number of nitrogens with zero attached hydrogens (tertiary/aromatic N) is 3. The SMILES string of the molecule is Brc1ccn(-c2ccc3cnccc3c2)n1. The molecule has 78 valence electrons. The Kier molecular flexibility index (Phi) is 2.22. The van der Waals surface area contributed by atoms with Crippen molar-refractivity contribution in [1.29, 1.82) is 0 Å². The minimum absolute atomic E-state index is 0.835. The van der Waals surface area contributed by atoms with Crippen molar-refractivity contribution >= 4 is 26.7 Å². The summed E-state index contributed by atoms with van der Waals surface area (Å²) in [6, 6.07) is 10.1. The summed E-state index contributed by atoms with van der Waals surface area (Å²) in [4.78, 5) is 4.09. The van der Waals surface area contributed by atoms with E-state index in [1.54, 1.807) is 6.20 Å². The van der Waals surface area contributed by atoms with E-state index in [-0.39, 0.29) is 0 Å². The minimum Gasteiger partial charge on any atom is -0.264 e. The van der Waals surface area contributed by atoms with Crippen molar-refractivity contribution in [3.8, 4) is 5.69 Å². The molecule has 0 aliphatic heterocycles. The van der Waals surface area contributed by atoms with Crippen LogP contribution in [0.2, 0.25) is 0 Å². The summed E-state index contributed by atoms with van der Waals surface area (Å²) in [6.45, 7) is 0. The molecule has 0 unspecified atom stereocenters. The van der Waals surface area contributed by atoms with E-state index >= 15 is 0 Å². The lowest BCUT2D eigenvalue weighted by atomic mass is 10.1. The van der Waals surface area contributed by atoms with Crippen LogP contribution < -0.4 is 0 Å². The highest BCUT2D eigenvalue weighted by molar-refractivity contribution is 9.10. The monoisotopic (exact) mass is 273 g/mol. The molecule has 0 radical (unpaired) electrons. The molecule has 0 N–H and O–H groups in total. The maximum Gasteiger partial charge on any atom is 0.128 e. The predicted octanol–water partition coefficient (Wildman–Crippen LogP) is 3.18. The molecular weight excluding hydrogens is 266 g/mol. The van der Waals surface area contributed by atoms with E-state index in [2.05, 4.69) is 32.1 Å². The summed E-state index contributed by atoms with van der Waals surface area (Å²) in [5, 5.41) is 6.61. The molecule has 4 heteroatoms. The molecule has 0 saturated heterocycles. The second-order valence-corrected chi connectivity index (χ2v) is 4.30. The van der Waals surface area contributed by atoms with Crippen LogP contribution in [0.5, 0.6) is 0 Å². The van der Waals surface area contributed by atoms with Crippen LogP contribution in [0.15, 0.2) is 53.5 Å². The zero-order chi connectivity index (χ0) is 11.0. The first-order valence-electron chi connectivity index (χ1n) is 4.88. The van der Waals surface area contributed by atoms with Gasteiger partial charge < -0.3 is 0 Å². The second-order valence-electron chi connectivity index (χ2n) is 3.49. The zero-order valence-electron chi connectivity index (χ0n) is 8.34. The standard InChI is InChI=1S/C12H8BrN3/c13-12-4-6-16(15-12)11-2-1-10-8-14-5-3-9(10)7-11/h1-8H. The Morgan fingerprint density at radius 1 is 1.06 bits per heavy atom. The molecule has 2 heterocycles. The second kappa shape index (κ2) is 3.72. The number of benzene rings is 1. The molecular formula is C12H8BrN3. The van der Waals surface area contributed by atoms with Crippen LogP contribution in [-0.4, -0.2) is 14.8 Å². The molecule has 0 bridgehead atoms. The minimum atomic E-state index is 0.835. The van der Waals surface area contributed by atoms with Gasteiger partial charge in [-0.3, -0.25) is 4.98 Å². The Balaban J connectivity index is 2.18. The molecule has 0 saturated carbocycles. The normalized spacial score (nSPS) is 10.8. The van der Waals surface area contributed by atoms with Gasteiger partial charge in [0.15, 0.2) is 0 Å². The first kappa shape index (κ1) is 9.54. The molecule has 0 aliphatic rings. The van der Waals surface area contributed by atoms with Gasteiger partial charge in [0, 0.05) is 24.0 Å². The number of aromatic nitrogens is 3. The van der Waals surface area contributed by atoms with E-state index in [0.717, 1.165) is 15.7 Å². The summed E-state index contributed by atoms with van der Waals surface area (Å²) in [5.41, 5.74) is 1.05. The number of fused-ring (bicyclic) bond motifs is 1. The average Bonchev–Trinajstić information content (AvgIpc) is 2.75. The third kappa shape index (κ3) is 1.61. The van der Waals surface area contributed by atoms with E-state index in [1.807, 2.05) is 41.3 Å². The van der Waals surface area contributed by atoms with Gasteiger partial charge in [-0.2, -0.15) is 5.10 Å². The molecule has 0 amide bonds. The lowest BCUT2D eigenvalue weighted by Crippen LogP contribution is -1.94. The molecule has 16 heavy (non-hydrogen) atoms. The summed E-state index contributed by atoms with van der Waals surface area (Å²) < 4.78 is 2.67. The quantitative estimate of drug-likeness (QED) is 0.682. The molecule has 0 aliphatic carbocycles. The maximum absolute atomic E-state index is 4.31. The molecule has 1 aromatic carbocycles. The summed E-state index contributed by atoms with van der Waals surface area (Å²) >= 11 is 3.34. The van der Waals surface area contributed by atoms with Crippen molar-refractivity contribution in [1.82, 2.24) is 14.8 Å². The predicted molar refractivity (Wildman–Crippen MR) is 66.6 cm³/mol. The molecule has 2 aromatic heterocycles. The molecule has 0 atom stereocenters. The lowest BCUT2D eigenvalue weighted by molar-refractivity contribution is 0.872. The number of pyridine rings is 1. The smallest absolute Gasteiger partial charge is 0.128 e. The maximum atomic E-state index is 4.31. The van der Waals surface area contributed by atoms with E-state index < -0.39 is 0 Å². The van der Waals surface area contributed by atoms with Crippen molar-refractivity contribution in [3.63, 3.8) is 0 Å². The van der Waals surface area contributed by atoms with Crippen LogP contribution >= 0.6 is 15.9 Å². The Morgan fingerprint density at radius 2 is 2.00 bits per heavy atom. The van der Waals surface area contributed by atoms with Gasteiger partial charge in [-0.05, 0) is 45.6 Å². The van der Waals surface area contributed by atoms with Crippen molar-refractivity contribution in [2.75, 3.05) is 0 Å². The topological polar surface area (TPSA) is 30.7 Å². The molecule has 0 spiro atoms. The van der Waals surface area contributed by atoms with E-state index in [4.69, 9.17) is 0 Å². The molecule has 3 nitrogen and oxygen atoms in total. The van der Waals surface area contributed by atoms with Crippen LogP contribution in [-0.2, 0) is 0 Å². The fourth-order valence-electron chi connectivity index (χ4n) is 1.66. The summed E-state index contributed by atoms with van der Waals surface area (Å²) in [7, 11) is 0. The summed E-state index contributed by atoms with van der Waals surface area (Å²) in [5.74, 6) is 0. The van der Waals surface area contributed by atoms with Crippen molar-refractivity contribution in [2.45, 2.75) is 0 Å². The molecule has 3 rings (SSSR count). The van der Waals surface area contributed by atoms with E-state index in [1.165, 1.54) is 5.39 Å². The Hall–Kier alpha value is -1.68. The van der Waals surface area contributed by atoms with Gasteiger partial charge in [0.1, 0.15) is 4.60 Å². The molecule has 0 fully saturated rings. The highest BCUT2D eigenvalue weighted by Gasteiger charge is 2.00. The number of rotatable bonds is 1. The largest absolute Gasteiger partial charge is 0.264 e. The fraction of sp³-hybridized carbons (Fsp3) is 0. The van der Waals surface area contributed by atoms with Crippen LogP contribution in [0.4, 0.5) is 0 Å². The lowest BCUT2D eigenvalue weighted by Gasteiger charge is -2.02. The number of halogens is 1. The Bertz CT molecular complexity index is 645. The van der Waals surface area contributed by atoms with Gasteiger partial charge in [-0.15, -0.1) is 0 Å². The van der Waals surface area contributed by atoms with Crippen molar-refractivity contribution in [2.24, 2.45) is 0 Å². The van der Waals surface area contributed by atoms with Gasteiger partial charge in [0.05, 0.1) is 5.69 Å². The third-order valence-corrected chi connectivity index (χ3v) is 2.87. The van der Waals surface area contributed by atoms with Crippen LogP contribution in [0, 0.1) is 0 Å². The first-order valence-corrected chi connectivity index (χ1v) is 5.67. The number of hydrogen-bond donors (Lipinski definition) is 0. The Labute approximate surface area is 101 Å². The van der Waals surface area contributed by atoms with Gasteiger partial charge in [-0.1, -0.05) is 6.07 Å². The van der Waals surface area contributed by atoms with Gasteiger partial charge in [0.2, 0.25) is 0 Å².